The molecule has 0 aliphatic carbocycles. The molecule has 2 aromatic carbocycles. The highest BCUT2D eigenvalue weighted by Crippen LogP contribution is 2.23. The largest absolute Gasteiger partial charge is 0.484 e. The molecule has 0 fully saturated rings. The second-order valence-corrected chi connectivity index (χ2v) is 7.80. The average Bonchev–Trinajstić information content (AvgIpc) is 3.00. The third kappa shape index (κ3) is 4.50. The Bertz CT molecular complexity index is 971. The molecule has 1 aliphatic heterocycles. The van der Waals surface area contributed by atoms with E-state index in [1.54, 1.807) is 30.3 Å². The third-order valence-electron chi connectivity index (χ3n) is 3.96. The van der Waals surface area contributed by atoms with Gasteiger partial charge in [-0.3, -0.25) is 14.9 Å². The fourth-order valence-corrected chi connectivity index (χ4v) is 3.98. The van der Waals surface area contributed by atoms with Crippen molar-refractivity contribution in [2.45, 2.75) is 6.04 Å². The van der Waals surface area contributed by atoms with Crippen LogP contribution in [0.1, 0.15) is 0 Å². The predicted molar refractivity (Wildman–Crippen MR) is 99.2 cm³/mol. The second-order valence-electron chi connectivity index (χ2n) is 5.86. The van der Waals surface area contributed by atoms with E-state index in [4.69, 9.17) is 4.74 Å². The van der Waals surface area contributed by atoms with Gasteiger partial charge in [0.1, 0.15) is 5.75 Å². The van der Waals surface area contributed by atoms with E-state index in [1.807, 2.05) is 0 Å². The van der Waals surface area contributed by atoms with Crippen LogP contribution in [0.3, 0.4) is 0 Å². The molecule has 0 saturated carbocycles. The van der Waals surface area contributed by atoms with Gasteiger partial charge in [0.25, 0.3) is 11.6 Å². The van der Waals surface area contributed by atoms with Gasteiger partial charge in [0.15, 0.2) is 16.4 Å². The maximum absolute atomic E-state index is 12.8. The van der Waals surface area contributed by atoms with Crippen LogP contribution in [0.4, 0.5) is 11.4 Å². The minimum Gasteiger partial charge on any atom is -0.484 e. The number of amides is 1. The second kappa shape index (κ2) is 7.58. The van der Waals surface area contributed by atoms with Crippen molar-refractivity contribution in [1.82, 2.24) is 0 Å². The van der Waals surface area contributed by atoms with Crippen molar-refractivity contribution in [2.24, 2.45) is 0 Å². The topological polar surface area (TPSA) is 107 Å². The lowest BCUT2D eigenvalue weighted by Crippen LogP contribution is -2.43. The first-order chi connectivity index (χ1) is 12.9. The average molecular weight is 388 g/mol. The molecule has 9 heteroatoms. The molecule has 140 valence electrons. The molecular weight excluding hydrogens is 372 g/mol. The molecule has 0 radical (unpaired) electrons. The monoisotopic (exact) mass is 388 g/mol. The zero-order valence-corrected chi connectivity index (χ0v) is 14.9. The molecular formula is C18H16N2O6S. The number of carbonyl (C=O) groups is 1. The summed E-state index contributed by atoms with van der Waals surface area (Å²) in [4.78, 5) is 24.3. The summed E-state index contributed by atoms with van der Waals surface area (Å²) in [5, 5.41) is 11.8. The van der Waals surface area contributed by atoms with Gasteiger partial charge >= 0.3 is 0 Å². The van der Waals surface area contributed by atoms with Crippen LogP contribution < -0.4 is 9.64 Å². The maximum Gasteiger partial charge on any atom is 0.269 e. The molecule has 0 saturated heterocycles. The molecule has 27 heavy (non-hydrogen) atoms. The van der Waals surface area contributed by atoms with Crippen molar-refractivity contribution in [1.29, 1.82) is 0 Å². The first kappa shape index (κ1) is 18.6. The van der Waals surface area contributed by atoms with Crippen molar-refractivity contribution in [3.05, 3.63) is 76.2 Å². The fraction of sp³-hybridized carbons (Fsp3) is 0.167. The van der Waals surface area contributed by atoms with Gasteiger partial charge in [-0.05, 0) is 30.3 Å². The molecule has 1 aliphatic rings. The van der Waals surface area contributed by atoms with Gasteiger partial charge in [0.2, 0.25) is 0 Å². The smallest absolute Gasteiger partial charge is 0.269 e. The zero-order chi connectivity index (χ0) is 19.4. The van der Waals surface area contributed by atoms with Crippen molar-refractivity contribution >= 4 is 27.1 Å². The highest BCUT2D eigenvalue weighted by atomic mass is 32.2. The highest BCUT2D eigenvalue weighted by molar-refractivity contribution is 7.94. The molecule has 0 bridgehead atoms. The number of ether oxygens (including phenoxy) is 1. The lowest BCUT2D eigenvalue weighted by atomic mass is 10.2. The first-order valence-electron chi connectivity index (χ1n) is 8.01. The van der Waals surface area contributed by atoms with Crippen molar-refractivity contribution < 1.29 is 22.9 Å². The quantitative estimate of drug-likeness (QED) is 0.555. The van der Waals surface area contributed by atoms with Crippen LogP contribution in [0.5, 0.6) is 5.75 Å². The molecule has 3 rings (SSSR count). The van der Waals surface area contributed by atoms with Gasteiger partial charge in [0, 0.05) is 23.2 Å². The summed E-state index contributed by atoms with van der Waals surface area (Å²) in [7, 11) is -3.34. The van der Waals surface area contributed by atoms with E-state index < -0.39 is 26.7 Å². The lowest BCUT2D eigenvalue weighted by Gasteiger charge is -2.27. The Labute approximate surface area is 155 Å². The predicted octanol–water partition coefficient (Wildman–Crippen LogP) is 2.32. The van der Waals surface area contributed by atoms with Crippen LogP contribution in [0, 0.1) is 10.1 Å². The number of rotatable bonds is 6. The molecule has 0 N–H and O–H groups in total. The van der Waals surface area contributed by atoms with Crippen molar-refractivity contribution in [3.8, 4) is 5.75 Å². The Morgan fingerprint density at radius 2 is 1.81 bits per heavy atom. The van der Waals surface area contributed by atoms with Gasteiger partial charge in [-0.1, -0.05) is 18.2 Å². The molecule has 0 aromatic heterocycles. The minimum absolute atomic E-state index is 0.0825. The molecule has 1 heterocycles. The molecule has 0 spiro atoms. The normalized spacial score (nSPS) is 17.4. The SMILES string of the molecule is O=C(COc1ccc([N+](=O)[O-])cc1)N(c1ccccc1)[C@@H]1C=CS(=O)(=O)C1. The van der Waals surface area contributed by atoms with Crippen LogP contribution in [-0.2, 0) is 14.6 Å². The number of para-hydroxylation sites is 1. The number of anilines is 1. The maximum atomic E-state index is 12.8. The Morgan fingerprint density at radius 3 is 2.37 bits per heavy atom. The summed E-state index contributed by atoms with van der Waals surface area (Å²) in [6.07, 6.45) is 1.48. The number of hydrogen-bond acceptors (Lipinski definition) is 6. The lowest BCUT2D eigenvalue weighted by molar-refractivity contribution is -0.384. The highest BCUT2D eigenvalue weighted by Gasteiger charge is 2.31. The number of sulfone groups is 1. The Balaban J connectivity index is 1.75. The number of hydrogen-bond donors (Lipinski definition) is 0. The van der Waals surface area contributed by atoms with E-state index in [0.717, 1.165) is 5.41 Å². The number of carbonyl (C=O) groups excluding carboxylic acids is 1. The Hall–Kier alpha value is -3.20. The molecule has 1 amide bonds. The Kier molecular flexibility index (Phi) is 5.22. The summed E-state index contributed by atoms with van der Waals surface area (Å²) in [6.45, 7) is -0.336. The third-order valence-corrected chi connectivity index (χ3v) is 5.33. The van der Waals surface area contributed by atoms with Gasteiger partial charge in [0.05, 0.1) is 16.7 Å². The Morgan fingerprint density at radius 1 is 1.15 bits per heavy atom. The summed E-state index contributed by atoms with van der Waals surface area (Å²) < 4.78 is 28.9. The molecule has 1 atom stereocenters. The van der Waals surface area contributed by atoms with Crippen LogP contribution in [0.2, 0.25) is 0 Å². The van der Waals surface area contributed by atoms with Crippen LogP contribution in [-0.4, -0.2) is 37.6 Å². The van der Waals surface area contributed by atoms with E-state index in [2.05, 4.69) is 0 Å². The molecule has 8 nitrogen and oxygen atoms in total. The standard InChI is InChI=1S/C18H16N2O6S/c21-18(12-26-17-8-6-15(7-9-17)20(22)23)19(14-4-2-1-3-5-14)16-10-11-27(24,25)13-16/h1-11,16H,12-13H2/t16-/m1/s1. The first-order valence-corrected chi connectivity index (χ1v) is 9.72. The minimum atomic E-state index is -3.34. The zero-order valence-electron chi connectivity index (χ0n) is 14.1. The van der Waals surface area contributed by atoms with E-state index in [9.17, 15) is 23.3 Å². The molecule has 0 unspecified atom stereocenters. The van der Waals surface area contributed by atoms with Crippen molar-refractivity contribution in [3.63, 3.8) is 0 Å². The van der Waals surface area contributed by atoms with Crippen LogP contribution in [0.25, 0.3) is 0 Å². The van der Waals surface area contributed by atoms with E-state index in [-0.39, 0.29) is 18.0 Å². The van der Waals surface area contributed by atoms with Crippen LogP contribution >= 0.6 is 0 Å². The molecule has 2 aromatic rings. The van der Waals surface area contributed by atoms with E-state index in [1.165, 1.54) is 35.2 Å². The number of nitro groups is 1. The number of benzene rings is 2. The summed E-state index contributed by atoms with van der Waals surface area (Å²) in [6, 6.07) is 13.5. The van der Waals surface area contributed by atoms with Crippen LogP contribution in [0.15, 0.2) is 66.1 Å². The summed E-state index contributed by atoms with van der Waals surface area (Å²) in [5.41, 5.74) is 0.474. The number of nitro benzene ring substituents is 1. The van der Waals surface area contributed by atoms with Gasteiger partial charge in [-0.25, -0.2) is 8.42 Å². The summed E-state index contributed by atoms with van der Waals surface area (Å²) >= 11 is 0. The van der Waals surface area contributed by atoms with E-state index >= 15 is 0 Å². The van der Waals surface area contributed by atoms with E-state index in [0.29, 0.717) is 11.4 Å². The van der Waals surface area contributed by atoms with Crippen molar-refractivity contribution in [2.75, 3.05) is 17.3 Å². The summed E-state index contributed by atoms with van der Waals surface area (Å²) in [5.74, 6) is -0.312. The van der Waals surface area contributed by atoms with Gasteiger partial charge < -0.3 is 9.64 Å². The fourth-order valence-electron chi connectivity index (χ4n) is 2.71. The van der Waals surface area contributed by atoms with Gasteiger partial charge in [-0.15, -0.1) is 0 Å². The number of non-ortho nitro benzene ring substituents is 1. The van der Waals surface area contributed by atoms with Gasteiger partial charge in [-0.2, -0.15) is 0 Å². The number of nitrogens with zero attached hydrogens (tertiary/aromatic N) is 2.